The lowest BCUT2D eigenvalue weighted by Gasteiger charge is -2.21. The Hall–Kier alpha value is -1.02. The molecule has 1 aromatic rings. The molecule has 28 heavy (non-hydrogen) atoms. The lowest BCUT2D eigenvalue weighted by Crippen LogP contribution is -2.22. The Labute approximate surface area is 171 Å². The SMILES string of the molecule is CCCC/C=C\C[C@H]1C(OP)CC(F)[C@@H]1/C=C/C(O)C1Cc2ccccc2C1. The third kappa shape index (κ3) is 5.32. The van der Waals surface area contributed by atoms with E-state index < -0.39 is 12.3 Å². The minimum absolute atomic E-state index is 0.0849. The lowest BCUT2D eigenvalue weighted by molar-refractivity contribution is 0.155. The minimum atomic E-state index is -0.913. The first-order chi connectivity index (χ1) is 13.6. The van der Waals surface area contributed by atoms with Crippen LogP contribution in [0, 0.1) is 17.8 Å². The van der Waals surface area contributed by atoms with Gasteiger partial charge < -0.3 is 9.63 Å². The second-order valence-electron chi connectivity index (χ2n) is 8.33. The quantitative estimate of drug-likeness (QED) is 0.330. The van der Waals surface area contributed by atoms with Crippen molar-refractivity contribution < 1.29 is 14.0 Å². The predicted molar refractivity (Wildman–Crippen MR) is 117 cm³/mol. The molecule has 0 amide bonds. The molecular weight excluding hydrogens is 370 g/mol. The standard InChI is InChI=1S/C24H34FO2P/c1-2-3-4-5-6-11-21-20(22(25)16-24(21)27-28)12-13-23(26)19-14-17-9-7-8-10-18(17)15-19/h5-10,12-13,19-24,26H,2-4,11,14-16,28H2,1H3/b6-5-,13-12+/t20-,21-,22?,23?,24?/m1/s1. The monoisotopic (exact) mass is 404 g/mol. The van der Waals surface area contributed by atoms with Crippen LogP contribution in [0.4, 0.5) is 4.39 Å². The number of aliphatic hydroxyl groups excluding tert-OH is 1. The Morgan fingerprint density at radius 2 is 1.96 bits per heavy atom. The summed E-state index contributed by atoms with van der Waals surface area (Å²) in [7, 11) is 2.31. The van der Waals surface area contributed by atoms with Crippen LogP contribution in [-0.4, -0.2) is 23.5 Å². The molecule has 0 saturated heterocycles. The maximum absolute atomic E-state index is 14.7. The van der Waals surface area contributed by atoms with E-state index >= 15 is 0 Å². The molecule has 4 heteroatoms. The van der Waals surface area contributed by atoms with E-state index in [0.717, 1.165) is 25.7 Å². The first-order valence-corrected chi connectivity index (χ1v) is 11.2. The van der Waals surface area contributed by atoms with Gasteiger partial charge in [0.15, 0.2) is 0 Å². The lowest BCUT2D eigenvalue weighted by atomic mass is 9.89. The van der Waals surface area contributed by atoms with E-state index in [1.165, 1.54) is 24.0 Å². The Kier molecular flexibility index (Phi) is 8.26. The van der Waals surface area contributed by atoms with Gasteiger partial charge in [0, 0.05) is 21.8 Å². The van der Waals surface area contributed by atoms with Gasteiger partial charge in [-0.15, -0.1) is 0 Å². The molecule has 2 aliphatic rings. The predicted octanol–water partition coefficient (Wildman–Crippen LogP) is 5.60. The van der Waals surface area contributed by atoms with Gasteiger partial charge in [-0.3, -0.25) is 0 Å². The molecule has 1 N–H and O–H groups in total. The van der Waals surface area contributed by atoms with Crippen molar-refractivity contribution in [1.82, 2.24) is 0 Å². The van der Waals surface area contributed by atoms with Crippen molar-refractivity contribution in [3.05, 3.63) is 59.7 Å². The molecule has 0 aromatic heterocycles. The van der Waals surface area contributed by atoms with E-state index in [1.54, 1.807) is 0 Å². The fourth-order valence-electron chi connectivity index (χ4n) is 4.73. The van der Waals surface area contributed by atoms with Crippen molar-refractivity contribution in [2.24, 2.45) is 17.8 Å². The molecule has 1 saturated carbocycles. The Morgan fingerprint density at radius 1 is 1.25 bits per heavy atom. The molecule has 0 spiro atoms. The molecular formula is C24H34FO2P. The number of halogens is 1. The van der Waals surface area contributed by atoms with Gasteiger partial charge in [0.1, 0.15) is 6.17 Å². The molecule has 0 bridgehead atoms. The second-order valence-corrected chi connectivity index (χ2v) is 8.60. The number of fused-ring (bicyclic) bond motifs is 1. The normalized spacial score (nSPS) is 29.1. The van der Waals surface area contributed by atoms with Crippen LogP contribution in [0.5, 0.6) is 0 Å². The Morgan fingerprint density at radius 3 is 2.61 bits per heavy atom. The summed E-state index contributed by atoms with van der Waals surface area (Å²) >= 11 is 0. The zero-order chi connectivity index (χ0) is 19.9. The van der Waals surface area contributed by atoms with Crippen molar-refractivity contribution >= 4 is 9.47 Å². The topological polar surface area (TPSA) is 29.5 Å². The van der Waals surface area contributed by atoms with E-state index in [9.17, 15) is 9.50 Å². The van der Waals surface area contributed by atoms with Gasteiger partial charge in [-0.2, -0.15) is 0 Å². The average molecular weight is 405 g/mol. The van der Waals surface area contributed by atoms with Crippen LogP contribution in [0.3, 0.4) is 0 Å². The first kappa shape index (κ1) is 21.7. The summed E-state index contributed by atoms with van der Waals surface area (Å²) in [5.41, 5.74) is 2.66. The highest BCUT2D eigenvalue weighted by atomic mass is 31.0. The number of aliphatic hydroxyl groups is 1. The number of hydrogen-bond acceptors (Lipinski definition) is 2. The third-order valence-corrected chi connectivity index (χ3v) is 6.77. The molecule has 2 aliphatic carbocycles. The van der Waals surface area contributed by atoms with Gasteiger partial charge in [-0.25, -0.2) is 4.39 Å². The fourth-order valence-corrected chi connectivity index (χ4v) is 5.04. The van der Waals surface area contributed by atoms with Gasteiger partial charge in [0.25, 0.3) is 0 Å². The van der Waals surface area contributed by atoms with Crippen LogP contribution in [0.25, 0.3) is 0 Å². The maximum atomic E-state index is 14.7. The number of allylic oxidation sites excluding steroid dienone is 3. The molecule has 3 rings (SSSR count). The van der Waals surface area contributed by atoms with Gasteiger partial charge in [-0.1, -0.05) is 68.3 Å². The summed E-state index contributed by atoms with van der Waals surface area (Å²) in [6.45, 7) is 2.19. The number of alkyl halides is 1. The van der Waals surface area contributed by atoms with Crippen molar-refractivity contribution in [3.63, 3.8) is 0 Å². The van der Waals surface area contributed by atoms with Gasteiger partial charge in [-0.05, 0) is 48.6 Å². The van der Waals surface area contributed by atoms with Crippen LogP contribution in [0.1, 0.15) is 50.2 Å². The summed E-state index contributed by atoms with van der Waals surface area (Å²) in [6, 6.07) is 8.39. The van der Waals surface area contributed by atoms with Crippen molar-refractivity contribution in [1.29, 1.82) is 0 Å². The molecule has 2 nitrogen and oxygen atoms in total. The third-order valence-electron chi connectivity index (χ3n) is 6.42. The number of hydrogen-bond donors (Lipinski definition) is 1. The zero-order valence-corrected chi connectivity index (χ0v) is 18.0. The summed E-state index contributed by atoms with van der Waals surface area (Å²) in [6.07, 6.45) is 13.1. The van der Waals surface area contributed by atoms with Crippen LogP contribution in [-0.2, 0) is 17.4 Å². The van der Waals surface area contributed by atoms with Gasteiger partial charge in [0.05, 0.1) is 12.2 Å². The molecule has 154 valence electrons. The highest BCUT2D eigenvalue weighted by Gasteiger charge is 2.42. The minimum Gasteiger partial charge on any atom is -0.389 e. The van der Waals surface area contributed by atoms with Gasteiger partial charge in [0.2, 0.25) is 0 Å². The zero-order valence-electron chi connectivity index (χ0n) is 16.8. The van der Waals surface area contributed by atoms with E-state index in [4.69, 9.17) is 4.52 Å². The van der Waals surface area contributed by atoms with Crippen LogP contribution in [0.15, 0.2) is 48.6 Å². The maximum Gasteiger partial charge on any atom is 0.109 e. The molecule has 0 aliphatic heterocycles. The van der Waals surface area contributed by atoms with Crippen molar-refractivity contribution in [3.8, 4) is 0 Å². The largest absolute Gasteiger partial charge is 0.389 e. The number of unbranched alkanes of at least 4 members (excludes halogenated alkanes) is 2. The second kappa shape index (κ2) is 10.7. The van der Waals surface area contributed by atoms with Crippen molar-refractivity contribution in [2.75, 3.05) is 0 Å². The van der Waals surface area contributed by atoms with Crippen molar-refractivity contribution in [2.45, 2.75) is 70.2 Å². The Balaban J connectivity index is 1.60. The molecule has 0 heterocycles. The summed E-state index contributed by atoms with van der Waals surface area (Å²) in [5, 5.41) is 10.7. The molecule has 1 aromatic carbocycles. The van der Waals surface area contributed by atoms with Crippen LogP contribution < -0.4 is 0 Å². The number of rotatable bonds is 9. The average Bonchev–Trinajstić information content (AvgIpc) is 3.27. The van der Waals surface area contributed by atoms with Gasteiger partial charge >= 0.3 is 0 Å². The summed E-state index contributed by atoms with van der Waals surface area (Å²) in [4.78, 5) is 0. The van der Waals surface area contributed by atoms with Crippen LogP contribution in [0.2, 0.25) is 0 Å². The van der Waals surface area contributed by atoms with E-state index in [1.807, 2.05) is 12.2 Å². The van der Waals surface area contributed by atoms with E-state index in [-0.39, 0.29) is 23.9 Å². The summed E-state index contributed by atoms with van der Waals surface area (Å²) < 4.78 is 20.2. The number of benzene rings is 1. The first-order valence-electron chi connectivity index (χ1n) is 10.7. The van der Waals surface area contributed by atoms with E-state index in [0.29, 0.717) is 6.42 Å². The Bertz CT molecular complexity index is 649. The molecule has 6 atom stereocenters. The molecule has 0 radical (unpaired) electrons. The smallest absolute Gasteiger partial charge is 0.109 e. The summed E-state index contributed by atoms with van der Waals surface area (Å²) in [5.74, 6) is 0.115. The molecule has 4 unspecified atom stereocenters. The van der Waals surface area contributed by atoms with E-state index in [2.05, 4.69) is 52.8 Å². The highest BCUT2D eigenvalue weighted by molar-refractivity contribution is 7.09. The fraction of sp³-hybridized carbons (Fsp3) is 0.583. The molecule has 1 fully saturated rings. The van der Waals surface area contributed by atoms with Crippen LogP contribution >= 0.6 is 9.47 Å². The highest BCUT2D eigenvalue weighted by Crippen LogP contribution is 2.41.